The van der Waals surface area contributed by atoms with E-state index in [1.165, 1.54) is 96.6 Å². The summed E-state index contributed by atoms with van der Waals surface area (Å²) in [5.41, 5.74) is 0. The van der Waals surface area contributed by atoms with Crippen molar-refractivity contribution in [2.75, 3.05) is 13.1 Å². The van der Waals surface area contributed by atoms with Crippen LogP contribution in [0.1, 0.15) is 97.3 Å². The summed E-state index contributed by atoms with van der Waals surface area (Å²) in [5, 5.41) is 3.68. The Balaban J connectivity index is 2.19. The van der Waals surface area contributed by atoms with Crippen LogP contribution in [0.5, 0.6) is 0 Å². The molecule has 0 bridgehead atoms. The minimum atomic E-state index is 0.972. The first-order chi connectivity index (χ1) is 9.88. The monoisotopic (exact) mass is 281 g/mol. The van der Waals surface area contributed by atoms with Gasteiger partial charge in [-0.15, -0.1) is 0 Å². The van der Waals surface area contributed by atoms with Gasteiger partial charge in [-0.1, -0.05) is 84.5 Å². The summed E-state index contributed by atoms with van der Waals surface area (Å²) in [4.78, 5) is 0. The fourth-order valence-electron chi connectivity index (χ4n) is 3.76. The molecule has 1 fully saturated rings. The second-order valence-electron chi connectivity index (χ2n) is 6.92. The van der Waals surface area contributed by atoms with Gasteiger partial charge in [-0.05, 0) is 37.8 Å². The average Bonchev–Trinajstić information content (AvgIpc) is 2.68. The quantitative estimate of drug-likeness (QED) is 0.365. The highest BCUT2D eigenvalue weighted by Gasteiger charge is 2.22. The van der Waals surface area contributed by atoms with E-state index >= 15 is 0 Å². The Morgan fingerprint density at radius 3 is 2.20 bits per heavy atom. The Hall–Kier alpha value is -0.0400. The van der Waals surface area contributed by atoms with Crippen LogP contribution in [-0.4, -0.2) is 13.1 Å². The summed E-state index contributed by atoms with van der Waals surface area (Å²) in [5.74, 6) is 1.99. The molecule has 1 aliphatic rings. The molecule has 1 aliphatic carbocycles. The predicted molar refractivity (Wildman–Crippen MR) is 91.2 cm³/mol. The molecule has 0 heterocycles. The van der Waals surface area contributed by atoms with Crippen LogP contribution in [0, 0.1) is 11.8 Å². The van der Waals surface area contributed by atoms with Gasteiger partial charge in [0.05, 0.1) is 0 Å². The SMILES string of the molecule is CCCCCCCCC1CCCCCC1CNCCC. The molecule has 0 saturated heterocycles. The van der Waals surface area contributed by atoms with Gasteiger partial charge in [-0.2, -0.15) is 0 Å². The van der Waals surface area contributed by atoms with Gasteiger partial charge >= 0.3 is 0 Å². The fourth-order valence-corrected chi connectivity index (χ4v) is 3.76. The van der Waals surface area contributed by atoms with E-state index in [1.54, 1.807) is 0 Å². The van der Waals surface area contributed by atoms with E-state index in [0.29, 0.717) is 0 Å². The normalized spacial score (nSPS) is 23.7. The van der Waals surface area contributed by atoms with Crippen LogP contribution in [0.3, 0.4) is 0 Å². The standard InChI is InChI=1S/C19H39N/c1-3-5-6-7-8-10-13-18-14-11-9-12-15-19(18)17-20-16-4-2/h18-20H,3-17H2,1-2H3. The highest BCUT2D eigenvalue weighted by atomic mass is 14.9. The van der Waals surface area contributed by atoms with Crippen molar-refractivity contribution in [3.63, 3.8) is 0 Å². The highest BCUT2D eigenvalue weighted by molar-refractivity contribution is 4.76. The zero-order valence-electron chi connectivity index (χ0n) is 14.3. The number of hydrogen-bond donors (Lipinski definition) is 1. The zero-order valence-corrected chi connectivity index (χ0v) is 14.3. The summed E-state index contributed by atoms with van der Waals surface area (Å²) >= 11 is 0. The molecule has 1 rings (SSSR count). The van der Waals surface area contributed by atoms with Crippen LogP contribution < -0.4 is 5.32 Å². The van der Waals surface area contributed by atoms with Crippen molar-refractivity contribution in [2.45, 2.75) is 97.3 Å². The Morgan fingerprint density at radius 2 is 1.45 bits per heavy atom. The van der Waals surface area contributed by atoms with E-state index in [9.17, 15) is 0 Å². The van der Waals surface area contributed by atoms with Crippen LogP contribution in [0.4, 0.5) is 0 Å². The van der Waals surface area contributed by atoms with Gasteiger partial charge in [0.15, 0.2) is 0 Å². The molecule has 20 heavy (non-hydrogen) atoms. The summed E-state index contributed by atoms with van der Waals surface area (Å²) in [6.45, 7) is 7.07. The molecule has 0 aromatic heterocycles. The molecule has 1 saturated carbocycles. The Labute approximate surface area is 128 Å². The van der Waals surface area contributed by atoms with Crippen molar-refractivity contribution in [1.82, 2.24) is 5.32 Å². The van der Waals surface area contributed by atoms with Crippen LogP contribution in [0.25, 0.3) is 0 Å². The first kappa shape index (κ1) is 18.0. The maximum atomic E-state index is 3.68. The molecule has 0 radical (unpaired) electrons. The number of rotatable bonds is 11. The molecule has 0 aromatic carbocycles. The molecular weight excluding hydrogens is 242 g/mol. The van der Waals surface area contributed by atoms with Crippen LogP contribution in [0.2, 0.25) is 0 Å². The van der Waals surface area contributed by atoms with Gasteiger partial charge in [0, 0.05) is 0 Å². The average molecular weight is 282 g/mol. The Bertz CT molecular complexity index is 202. The molecule has 2 unspecified atom stereocenters. The number of nitrogens with one attached hydrogen (secondary N) is 1. The smallest absolute Gasteiger partial charge is 0.00179 e. The van der Waals surface area contributed by atoms with Crippen molar-refractivity contribution < 1.29 is 0 Å². The largest absolute Gasteiger partial charge is 0.316 e. The molecule has 1 N–H and O–H groups in total. The van der Waals surface area contributed by atoms with Gasteiger partial charge < -0.3 is 5.32 Å². The summed E-state index contributed by atoms with van der Waals surface area (Å²) in [6.07, 6.45) is 18.9. The lowest BCUT2D eigenvalue weighted by Crippen LogP contribution is -2.28. The second-order valence-corrected chi connectivity index (χ2v) is 6.92. The van der Waals surface area contributed by atoms with Gasteiger partial charge in [0.2, 0.25) is 0 Å². The molecule has 0 spiro atoms. The van der Waals surface area contributed by atoms with E-state index in [-0.39, 0.29) is 0 Å². The van der Waals surface area contributed by atoms with Crippen molar-refractivity contribution >= 4 is 0 Å². The molecule has 0 aliphatic heterocycles. The van der Waals surface area contributed by atoms with Crippen LogP contribution in [-0.2, 0) is 0 Å². The van der Waals surface area contributed by atoms with E-state index < -0.39 is 0 Å². The van der Waals surface area contributed by atoms with Crippen LogP contribution >= 0.6 is 0 Å². The van der Waals surface area contributed by atoms with Crippen LogP contribution in [0.15, 0.2) is 0 Å². The van der Waals surface area contributed by atoms with Gasteiger partial charge in [-0.3, -0.25) is 0 Å². The lowest BCUT2D eigenvalue weighted by molar-refractivity contribution is 0.276. The van der Waals surface area contributed by atoms with E-state index in [1.807, 2.05) is 0 Å². The van der Waals surface area contributed by atoms with Crippen molar-refractivity contribution in [1.29, 1.82) is 0 Å². The van der Waals surface area contributed by atoms with Crippen molar-refractivity contribution in [2.24, 2.45) is 11.8 Å². The summed E-state index contributed by atoms with van der Waals surface area (Å²) < 4.78 is 0. The summed E-state index contributed by atoms with van der Waals surface area (Å²) in [6, 6.07) is 0. The zero-order chi connectivity index (χ0) is 14.5. The van der Waals surface area contributed by atoms with E-state index in [2.05, 4.69) is 19.2 Å². The first-order valence-electron chi connectivity index (χ1n) is 9.59. The molecule has 2 atom stereocenters. The lowest BCUT2D eigenvalue weighted by Gasteiger charge is -2.25. The van der Waals surface area contributed by atoms with Gasteiger partial charge in [0.25, 0.3) is 0 Å². The predicted octanol–water partition coefficient (Wildman–Crippen LogP) is 5.93. The minimum absolute atomic E-state index is 0.972. The third-order valence-electron chi connectivity index (χ3n) is 5.08. The molecule has 0 aromatic rings. The highest BCUT2D eigenvalue weighted by Crippen LogP contribution is 2.32. The number of unbranched alkanes of at least 4 members (excludes halogenated alkanes) is 5. The third-order valence-corrected chi connectivity index (χ3v) is 5.08. The molecule has 120 valence electrons. The van der Waals surface area contributed by atoms with Crippen molar-refractivity contribution in [3.05, 3.63) is 0 Å². The summed E-state index contributed by atoms with van der Waals surface area (Å²) in [7, 11) is 0. The Kier molecular flexibility index (Phi) is 11.4. The molecular formula is C19H39N. The molecule has 1 nitrogen and oxygen atoms in total. The van der Waals surface area contributed by atoms with Gasteiger partial charge in [0.1, 0.15) is 0 Å². The Morgan fingerprint density at radius 1 is 0.750 bits per heavy atom. The molecule has 1 heteroatoms. The minimum Gasteiger partial charge on any atom is -0.316 e. The third kappa shape index (κ3) is 8.29. The first-order valence-corrected chi connectivity index (χ1v) is 9.59. The maximum Gasteiger partial charge on any atom is -0.00179 e. The second kappa shape index (κ2) is 12.7. The lowest BCUT2D eigenvalue weighted by atomic mass is 9.83. The topological polar surface area (TPSA) is 12.0 Å². The molecule has 0 amide bonds. The van der Waals surface area contributed by atoms with E-state index in [4.69, 9.17) is 0 Å². The fraction of sp³-hybridized carbons (Fsp3) is 1.00. The van der Waals surface area contributed by atoms with Crippen molar-refractivity contribution in [3.8, 4) is 0 Å². The van der Waals surface area contributed by atoms with Gasteiger partial charge in [-0.25, -0.2) is 0 Å². The number of hydrogen-bond acceptors (Lipinski definition) is 1. The van der Waals surface area contributed by atoms with E-state index in [0.717, 1.165) is 11.8 Å². The maximum absolute atomic E-state index is 3.68.